The summed E-state index contributed by atoms with van der Waals surface area (Å²) in [5, 5.41) is 20.5. The zero-order valence-electron chi connectivity index (χ0n) is 10.4. The van der Waals surface area contributed by atoms with E-state index in [2.05, 4.69) is 0 Å². The minimum Gasteiger partial charge on any atom is -0.389 e. The summed E-state index contributed by atoms with van der Waals surface area (Å²) in [5.41, 5.74) is 1.48. The first-order valence-electron chi connectivity index (χ1n) is 5.75. The molecule has 0 heterocycles. The van der Waals surface area contributed by atoms with Crippen LogP contribution in [0, 0.1) is 0 Å². The quantitative estimate of drug-likeness (QED) is 0.702. The first kappa shape index (κ1) is 11.6. The molecule has 2 atom stereocenters. The van der Waals surface area contributed by atoms with Gasteiger partial charge in [0.1, 0.15) is 0 Å². The van der Waals surface area contributed by atoms with Crippen LogP contribution in [0.3, 0.4) is 0 Å². The molecule has 0 fully saturated rings. The van der Waals surface area contributed by atoms with Gasteiger partial charge >= 0.3 is 0 Å². The Morgan fingerprint density at radius 2 is 1.12 bits per heavy atom. The summed E-state index contributed by atoms with van der Waals surface area (Å²) in [6.45, 7) is 7.92. The van der Waals surface area contributed by atoms with Crippen molar-refractivity contribution >= 4 is 0 Å². The van der Waals surface area contributed by atoms with Crippen LogP contribution < -0.4 is 0 Å². The van der Waals surface area contributed by atoms with Gasteiger partial charge < -0.3 is 10.2 Å². The van der Waals surface area contributed by atoms with Gasteiger partial charge in [0, 0.05) is 10.8 Å². The molecule has 2 nitrogen and oxygen atoms in total. The molecule has 2 N–H and O–H groups in total. The Bertz CT molecular complexity index is 368. The van der Waals surface area contributed by atoms with Gasteiger partial charge in [0.2, 0.25) is 0 Å². The molecule has 0 amide bonds. The Kier molecular flexibility index (Phi) is 2.41. The molecule has 0 spiro atoms. The fraction of sp³-hybridized carbons (Fsp3) is 0.571. The smallest absolute Gasteiger partial charge is 0.0898 e. The average Bonchev–Trinajstić information content (AvgIpc) is 2.25. The van der Waals surface area contributed by atoms with E-state index < -0.39 is 23.0 Å². The molecule has 2 heteroatoms. The highest BCUT2D eigenvalue weighted by Crippen LogP contribution is 2.45. The predicted molar refractivity (Wildman–Crippen MR) is 64.5 cm³/mol. The second-order valence-corrected chi connectivity index (χ2v) is 5.88. The summed E-state index contributed by atoms with van der Waals surface area (Å²) >= 11 is 0. The van der Waals surface area contributed by atoms with Crippen molar-refractivity contribution in [3.8, 4) is 0 Å². The van der Waals surface area contributed by atoms with Crippen LogP contribution in [0.4, 0.5) is 0 Å². The van der Waals surface area contributed by atoms with Crippen molar-refractivity contribution in [3.63, 3.8) is 0 Å². The zero-order valence-corrected chi connectivity index (χ0v) is 10.4. The van der Waals surface area contributed by atoms with E-state index in [0.717, 1.165) is 11.1 Å². The standard InChI is InChI=1S/C14H20O2/c1-13(2)9-7-5-6-8-10(9)14(3,4)12(16)11(13)15/h5-8,11-12,15-16H,1-4H3/t11-,12+. The Hall–Kier alpha value is -0.860. The van der Waals surface area contributed by atoms with Crippen LogP contribution in [0.25, 0.3) is 0 Å². The Balaban J connectivity index is 2.70. The first-order chi connectivity index (χ1) is 7.29. The number of aliphatic hydroxyl groups excluding tert-OH is 2. The van der Waals surface area contributed by atoms with Gasteiger partial charge in [-0.1, -0.05) is 52.0 Å². The third-order valence-corrected chi connectivity index (χ3v) is 4.09. The topological polar surface area (TPSA) is 40.5 Å². The molecule has 1 aromatic carbocycles. The molecular weight excluding hydrogens is 200 g/mol. The lowest BCUT2D eigenvalue weighted by molar-refractivity contribution is -0.0673. The van der Waals surface area contributed by atoms with E-state index in [4.69, 9.17) is 0 Å². The van der Waals surface area contributed by atoms with E-state index in [1.807, 2.05) is 52.0 Å². The summed E-state index contributed by atoms with van der Waals surface area (Å²) in [6, 6.07) is 8.07. The normalized spacial score (nSPS) is 30.9. The molecule has 1 aliphatic carbocycles. The van der Waals surface area contributed by atoms with E-state index >= 15 is 0 Å². The number of fused-ring (bicyclic) bond motifs is 1. The SMILES string of the molecule is CC1(C)c2ccccc2C(C)(C)[C@@H](O)[C@H]1O. The fourth-order valence-electron chi connectivity index (χ4n) is 2.71. The van der Waals surface area contributed by atoms with Gasteiger partial charge in [-0.25, -0.2) is 0 Å². The lowest BCUT2D eigenvalue weighted by Gasteiger charge is -2.48. The Morgan fingerprint density at radius 1 is 0.812 bits per heavy atom. The molecule has 0 aliphatic heterocycles. The maximum Gasteiger partial charge on any atom is 0.0898 e. The molecule has 0 bridgehead atoms. The second kappa shape index (κ2) is 3.31. The van der Waals surface area contributed by atoms with E-state index in [1.165, 1.54) is 0 Å². The number of hydrogen-bond acceptors (Lipinski definition) is 2. The molecule has 0 saturated heterocycles. The minimum atomic E-state index is -0.725. The van der Waals surface area contributed by atoms with Gasteiger partial charge in [0.15, 0.2) is 0 Å². The third kappa shape index (κ3) is 1.33. The highest BCUT2D eigenvalue weighted by Gasteiger charge is 2.49. The van der Waals surface area contributed by atoms with Crippen LogP contribution in [0.15, 0.2) is 24.3 Å². The monoisotopic (exact) mass is 220 g/mol. The molecule has 1 aromatic rings. The Labute approximate surface area is 96.9 Å². The molecule has 1 aliphatic rings. The van der Waals surface area contributed by atoms with Crippen LogP contribution in [-0.4, -0.2) is 22.4 Å². The van der Waals surface area contributed by atoms with Crippen molar-refractivity contribution in [2.45, 2.75) is 50.7 Å². The van der Waals surface area contributed by atoms with Gasteiger partial charge in [-0.2, -0.15) is 0 Å². The van der Waals surface area contributed by atoms with Crippen LogP contribution in [-0.2, 0) is 10.8 Å². The van der Waals surface area contributed by atoms with Gasteiger partial charge in [0.25, 0.3) is 0 Å². The molecule has 0 unspecified atom stereocenters. The van der Waals surface area contributed by atoms with Crippen molar-refractivity contribution < 1.29 is 10.2 Å². The second-order valence-electron chi connectivity index (χ2n) is 5.88. The van der Waals surface area contributed by atoms with Crippen molar-refractivity contribution in [2.75, 3.05) is 0 Å². The van der Waals surface area contributed by atoms with Gasteiger partial charge in [-0.05, 0) is 11.1 Å². The number of aliphatic hydroxyl groups is 2. The van der Waals surface area contributed by atoms with E-state index in [1.54, 1.807) is 0 Å². The molecule has 0 radical (unpaired) electrons. The van der Waals surface area contributed by atoms with E-state index in [0.29, 0.717) is 0 Å². The van der Waals surface area contributed by atoms with Crippen molar-refractivity contribution in [1.29, 1.82) is 0 Å². The molecular formula is C14H20O2. The fourth-order valence-corrected chi connectivity index (χ4v) is 2.71. The highest BCUT2D eigenvalue weighted by molar-refractivity contribution is 5.44. The van der Waals surface area contributed by atoms with Crippen LogP contribution in [0.2, 0.25) is 0 Å². The molecule has 88 valence electrons. The summed E-state index contributed by atoms with van der Waals surface area (Å²) < 4.78 is 0. The van der Waals surface area contributed by atoms with Crippen molar-refractivity contribution in [1.82, 2.24) is 0 Å². The number of hydrogen-bond donors (Lipinski definition) is 2. The number of benzene rings is 1. The van der Waals surface area contributed by atoms with Crippen molar-refractivity contribution in [2.24, 2.45) is 0 Å². The van der Waals surface area contributed by atoms with Gasteiger partial charge in [-0.15, -0.1) is 0 Å². The molecule has 2 rings (SSSR count). The highest BCUT2D eigenvalue weighted by atomic mass is 16.3. The molecule has 0 aromatic heterocycles. The van der Waals surface area contributed by atoms with Crippen LogP contribution in [0.5, 0.6) is 0 Å². The van der Waals surface area contributed by atoms with Crippen LogP contribution in [0.1, 0.15) is 38.8 Å². The lowest BCUT2D eigenvalue weighted by atomic mass is 9.60. The summed E-state index contributed by atoms with van der Waals surface area (Å²) in [4.78, 5) is 0. The maximum absolute atomic E-state index is 10.2. The summed E-state index contributed by atoms with van der Waals surface area (Å²) in [6.07, 6.45) is -1.45. The maximum atomic E-state index is 10.2. The molecule has 0 saturated carbocycles. The van der Waals surface area contributed by atoms with Crippen molar-refractivity contribution in [3.05, 3.63) is 35.4 Å². The molecule has 16 heavy (non-hydrogen) atoms. The van der Waals surface area contributed by atoms with Gasteiger partial charge in [0.05, 0.1) is 12.2 Å². The Morgan fingerprint density at radius 3 is 1.44 bits per heavy atom. The number of rotatable bonds is 0. The summed E-state index contributed by atoms with van der Waals surface area (Å²) in [7, 11) is 0. The van der Waals surface area contributed by atoms with E-state index in [-0.39, 0.29) is 0 Å². The zero-order chi connectivity index (χ0) is 12.1. The summed E-state index contributed by atoms with van der Waals surface area (Å²) in [5.74, 6) is 0. The minimum absolute atomic E-state index is 0.397. The van der Waals surface area contributed by atoms with Crippen LogP contribution >= 0.6 is 0 Å². The lowest BCUT2D eigenvalue weighted by Crippen LogP contribution is -2.56. The average molecular weight is 220 g/mol. The van der Waals surface area contributed by atoms with E-state index in [9.17, 15) is 10.2 Å². The van der Waals surface area contributed by atoms with Gasteiger partial charge in [-0.3, -0.25) is 0 Å². The predicted octanol–water partition coefficient (Wildman–Crippen LogP) is 1.98. The first-order valence-corrected chi connectivity index (χ1v) is 5.75. The third-order valence-electron chi connectivity index (χ3n) is 4.09. The largest absolute Gasteiger partial charge is 0.389 e.